The first kappa shape index (κ1) is 18.5. The molecule has 0 aliphatic rings. The van der Waals surface area contributed by atoms with Gasteiger partial charge in [-0.05, 0) is 31.2 Å². The van der Waals surface area contributed by atoms with Gasteiger partial charge in [0.1, 0.15) is 5.75 Å². The van der Waals surface area contributed by atoms with E-state index in [-0.39, 0.29) is 6.61 Å². The van der Waals surface area contributed by atoms with Crippen LogP contribution in [0.2, 0.25) is 5.02 Å². The largest absolute Gasteiger partial charge is 0.481 e. The van der Waals surface area contributed by atoms with Gasteiger partial charge in [0.25, 0.3) is 5.91 Å². The molecule has 0 aromatic heterocycles. The van der Waals surface area contributed by atoms with Gasteiger partial charge >= 0.3 is 5.97 Å². The third-order valence-electron chi connectivity index (χ3n) is 3.06. The molecule has 0 bridgehead atoms. The van der Waals surface area contributed by atoms with Gasteiger partial charge in [-0.25, -0.2) is 10.2 Å². The van der Waals surface area contributed by atoms with Crippen molar-refractivity contribution in [3.05, 3.63) is 64.7 Å². The first-order chi connectivity index (χ1) is 12.1. The van der Waals surface area contributed by atoms with E-state index in [2.05, 4.69) is 10.5 Å². The zero-order valence-corrected chi connectivity index (χ0v) is 14.3. The van der Waals surface area contributed by atoms with Crippen LogP contribution in [0.15, 0.2) is 53.6 Å². The zero-order chi connectivity index (χ0) is 18.1. The molecular formula is C18H17ClN2O4. The summed E-state index contributed by atoms with van der Waals surface area (Å²) in [6.07, 6.45) is 1.43. The lowest BCUT2D eigenvalue weighted by Gasteiger charge is -2.08. The number of hydrogen-bond acceptors (Lipinski definition) is 5. The Bertz CT molecular complexity index is 777. The van der Waals surface area contributed by atoms with Crippen molar-refractivity contribution in [2.75, 3.05) is 13.2 Å². The number of hydrazone groups is 1. The predicted molar refractivity (Wildman–Crippen MR) is 95.1 cm³/mol. The first-order valence-corrected chi connectivity index (χ1v) is 7.95. The fraction of sp³-hybridized carbons (Fsp3) is 0.167. The molecule has 0 aliphatic heterocycles. The van der Waals surface area contributed by atoms with E-state index in [1.54, 1.807) is 55.5 Å². The number of carbonyl (C=O) groups excluding carboxylic acids is 2. The number of nitrogens with one attached hydrogen (secondary N) is 1. The van der Waals surface area contributed by atoms with Gasteiger partial charge < -0.3 is 9.47 Å². The summed E-state index contributed by atoms with van der Waals surface area (Å²) in [7, 11) is 0. The van der Waals surface area contributed by atoms with Crippen molar-refractivity contribution in [1.29, 1.82) is 0 Å². The van der Waals surface area contributed by atoms with Gasteiger partial charge in [0.15, 0.2) is 6.61 Å². The van der Waals surface area contributed by atoms with E-state index in [1.807, 2.05) is 0 Å². The quantitative estimate of drug-likeness (QED) is 0.467. The maximum atomic E-state index is 12.0. The van der Waals surface area contributed by atoms with Crippen molar-refractivity contribution < 1.29 is 19.1 Å². The fourth-order valence-corrected chi connectivity index (χ4v) is 2.15. The first-order valence-electron chi connectivity index (χ1n) is 7.57. The maximum Gasteiger partial charge on any atom is 0.344 e. The van der Waals surface area contributed by atoms with Crippen LogP contribution in [0.25, 0.3) is 0 Å². The summed E-state index contributed by atoms with van der Waals surface area (Å²) in [5.74, 6) is -0.431. The molecule has 7 heteroatoms. The molecule has 2 rings (SSSR count). The van der Waals surface area contributed by atoms with Gasteiger partial charge in [0.05, 0.1) is 23.4 Å². The average Bonchev–Trinajstić information content (AvgIpc) is 2.61. The molecule has 0 saturated carbocycles. The number of esters is 1. The lowest BCUT2D eigenvalue weighted by molar-refractivity contribution is -0.145. The van der Waals surface area contributed by atoms with Crippen LogP contribution in [0.4, 0.5) is 0 Å². The number of halogens is 1. The van der Waals surface area contributed by atoms with Crippen molar-refractivity contribution in [3.8, 4) is 5.75 Å². The Balaban J connectivity index is 2.00. The minimum absolute atomic E-state index is 0.204. The van der Waals surface area contributed by atoms with E-state index in [0.717, 1.165) is 0 Å². The Morgan fingerprint density at radius 2 is 1.88 bits per heavy atom. The monoisotopic (exact) mass is 360 g/mol. The van der Waals surface area contributed by atoms with Crippen LogP contribution in [0.3, 0.4) is 0 Å². The highest BCUT2D eigenvalue weighted by atomic mass is 35.5. The summed E-state index contributed by atoms with van der Waals surface area (Å²) in [6.45, 7) is 1.81. The average molecular weight is 361 g/mol. The predicted octanol–water partition coefficient (Wildman–Crippen LogP) is 3.05. The second-order valence-electron chi connectivity index (χ2n) is 4.81. The van der Waals surface area contributed by atoms with E-state index in [9.17, 15) is 9.59 Å². The second-order valence-corrected chi connectivity index (χ2v) is 5.22. The fourth-order valence-electron chi connectivity index (χ4n) is 1.92. The van der Waals surface area contributed by atoms with Gasteiger partial charge in [-0.2, -0.15) is 5.10 Å². The molecule has 6 nitrogen and oxygen atoms in total. The molecule has 0 aliphatic carbocycles. The molecule has 1 N–H and O–H groups in total. The van der Waals surface area contributed by atoms with E-state index in [4.69, 9.17) is 21.1 Å². The lowest BCUT2D eigenvalue weighted by atomic mass is 10.2. The molecule has 2 aromatic rings. The number of nitrogens with zero attached hydrogens (tertiary/aromatic N) is 1. The van der Waals surface area contributed by atoms with Crippen molar-refractivity contribution >= 4 is 29.7 Å². The van der Waals surface area contributed by atoms with E-state index in [0.29, 0.717) is 28.5 Å². The summed E-state index contributed by atoms with van der Waals surface area (Å²) in [5.41, 5.74) is 3.33. The molecule has 130 valence electrons. The third-order valence-corrected chi connectivity index (χ3v) is 3.39. The summed E-state index contributed by atoms with van der Waals surface area (Å²) in [5, 5.41) is 4.24. The number of hydrogen-bond donors (Lipinski definition) is 1. The minimum atomic E-state index is -0.457. The van der Waals surface area contributed by atoms with Crippen molar-refractivity contribution in [1.82, 2.24) is 5.43 Å². The van der Waals surface area contributed by atoms with Crippen LogP contribution >= 0.6 is 11.6 Å². The van der Waals surface area contributed by atoms with E-state index >= 15 is 0 Å². The van der Waals surface area contributed by atoms with E-state index in [1.165, 1.54) is 6.21 Å². The maximum absolute atomic E-state index is 12.0. The summed E-state index contributed by atoms with van der Waals surface area (Å²) in [6, 6.07) is 13.7. The van der Waals surface area contributed by atoms with Crippen LogP contribution in [0.1, 0.15) is 22.8 Å². The van der Waals surface area contributed by atoms with E-state index < -0.39 is 11.9 Å². The molecule has 0 radical (unpaired) electrons. The van der Waals surface area contributed by atoms with Crippen LogP contribution in [-0.4, -0.2) is 31.3 Å². The van der Waals surface area contributed by atoms with Crippen LogP contribution in [0.5, 0.6) is 5.75 Å². The smallest absolute Gasteiger partial charge is 0.344 e. The zero-order valence-electron chi connectivity index (χ0n) is 13.6. The standard InChI is InChI=1S/C18H17ClN2O4/c1-2-24-17(22)12-25-16-10-6-3-7-13(16)11-20-21-18(23)14-8-4-5-9-15(14)19/h3-11H,2,12H2,1H3,(H,21,23)/b20-11-. The van der Waals surface area contributed by atoms with Gasteiger partial charge in [-0.1, -0.05) is 35.9 Å². The summed E-state index contributed by atoms with van der Waals surface area (Å²) in [4.78, 5) is 23.4. The lowest BCUT2D eigenvalue weighted by Crippen LogP contribution is -2.18. The van der Waals surface area contributed by atoms with Crippen molar-refractivity contribution in [2.45, 2.75) is 6.92 Å². The highest BCUT2D eigenvalue weighted by Gasteiger charge is 2.09. The second kappa shape index (κ2) is 9.44. The van der Waals surface area contributed by atoms with Crippen molar-refractivity contribution in [3.63, 3.8) is 0 Å². The number of para-hydroxylation sites is 1. The molecule has 0 unspecified atom stereocenters. The highest BCUT2D eigenvalue weighted by molar-refractivity contribution is 6.33. The molecule has 0 heterocycles. The Kier molecular flexibility index (Phi) is 6.98. The Hall–Kier alpha value is -2.86. The number of rotatable bonds is 7. The van der Waals surface area contributed by atoms with Crippen molar-refractivity contribution in [2.24, 2.45) is 5.10 Å². The summed E-state index contributed by atoms with van der Waals surface area (Å²) >= 11 is 5.96. The molecule has 0 saturated heterocycles. The Morgan fingerprint density at radius 1 is 1.16 bits per heavy atom. The molecular weight excluding hydrogens is 344 g/mol. The third kappa shape index (κ3) is 5.61. The highest BCUT2D eigenvalue weighted by Crippen LogP contribution is 2.16. The normalized spacial score (nSPS) is 10.5. The Morgan fingerprint density at radius 3 is 2.64 bits per heavy atom. The molecule has 0 atom stereocenters. The van der Waals surface area contributed by atoms with Crippen LogP contribution in [0, 0.1) is 0 Å². The molecule has 0 spiro atoms. The minimum Gasteiger partial charge on any atom is -0.481 e. The topological polar surface area (TPSA) is 77.0 Å². The number of ether oxygens (including phenoxy) is 2. The number of benzene rings is 2. The Labute approximate surface area is 150 Å². The number of amides is 1. The van der Waals surface area contributed by atoms with Crippen LogP contribution in [-0.2, 0) is 9.53 Å². The van der Waals surface area contributed by atoms with Gasteiger partial charge in [0.2, 0.25) is 0 Å². The van der Waals surface area contributed by atoms with Gasteiger partial charge in [-0.3, -0.25) is 4.79 Å². The number of carbonyl (C=O) groups is 2. The molecule has 1 amide bonds. The molecule has 2 aromatic carbocycles. The van der Waals surface area contributed by atoms with Crippen LogP contribution < -0.4 is 10.2 Å². The summed E-state index contributed by atoms with van der Waals surface area (Å²) < 4.78 is 10.2. The molecule has 25 heavy (non-hydrogen) atoms. The van der Waals surface area contributed by atoms with Gasteiger partial charge in [0, 0.05) is 5.56 Å². The van der Waals surface area contributed by atoms with Gasteiger partial charge in [-0.15, -0.1) is 0 Å². The molecule has 0 fully saturated rings. The SMILES string of the molecule is CCOC(=O)COc1ccccc1/C=N\NC(=O)c1ccccc1Cl.